The highest BCUT2D eigenvalue weighted by molar-refractivity contribution is 7.99. The summed E-state index contributed by atoms with van der Waals surface area (Å²) in [6.45, 7) is 15.7. The molecule has 0 spiro atoms. The summed E-state index contributed by atoms with van der Waals surface area (Å²) >= 11 is 6.27. The molecule has 4 heterocycles. The van der Waals surface area contributed by atoms with Crippen LogP contribution in [0.4, 0.5) is 0 Å². The monoisotopic (exact) mass is 1910 g/mol. The second kappa shape index (κ2) is 41.3. The van der Waals surface area contributed by atoms with Crippen LogP contribution in [-0.4, -0.2) is 123 Å². The van der Waals surface area contributed by atoms with Crippen LogP contribution in [0.5, 0.6) is 40.2 Å². The Morgan fingerprint density at radius 2 is 0.486 bits per heavy atom. The molecule has 4 aromatic heterocycles. The Hall–Kier alpha value is -15.7. The normalized spacial score (nSPS) is 11.4. The van der Waals surface area contributed by atoms with Gasteiger partial charge in [0.05, 0.1) is 42.1 Å². The number of thioether (sulfide) groups is 4. The van der Waals surface area contributed by atoms with Crippen LogP contribution < -0.4 is 14.2 Å². The van der Waals surface area contributed by atoms with Crippen molar-refractivity contribution in [2.24, 2.45) is 0 Å². The predicted octanol–water partition coefficient (Wildman–Crippen LogP) is 29.8. The topological polar surface area (TPSA) is 263 Å². The van der Waals surface area contributed by atoms with Gasteiger partial charge in [0.2, 0.25) is 0 Å². The summed E-state index contributed by atoms with van der Waals surface area (Å²) in [6.07, 6.45) is 1.02. The van der Waals surface area contributed by atoms with Gasteiger partial charge in [-0.2, -0.15) is 0 Å². The van der Waals surface area contributed by atoms with Crippen molar-refractivity contribution in [3.63, 3.8) is 0 Å². The van der Waals surface area contributed by atoms with Gasteiger partial charge in [-0.25, -0.2) is 59.8 Å². The van der Waals surface area contributed by atoms with Gasteiger partial charge in [0.1, 0.15) is 40.2 Å². The van der Waals surface area contributed by atoms with Crippen molar-refractivity contribution in [3.05, 3.63) is 322 Å². The van der Waals surface area contributed by atoms with E-state index in [9.17, 15) is 20.4 Å². The first-order valence-corrected chi connectivity index (χ1v) is 50.6. The van der Waals surface area contributed by atoms with Crippen LogP contribution in [0.2, 0.25) is 0 Å². The fourth-order valence-electron chi connectivity index (χ4n) is 18.0. The number of hydrogen-bond donors (Lipinski definition) is 4. The van der Waals surface area contributed by atoms with Crippen LogP contribution in [0.3, 0.4) is 0 Å². The molecule has 0 saturated carbocycles. The molecule has 0 atom stereocenters. The standard InChI is InChI=1S/C31H25N3O2S.C30H23N3OS.C29H23N3O2S.C27H23N3O2S/c1-3-36-20-14-16-25(28(35)17-20)29-32-30(34-31(33-29)37-4-2)27-18-26-21-10-6-5-9-19(21)13-15-24(26)22-11-7-8-12-23(22)27;1-2-17-35-30-32-28(24-13-7-8-14-27(24)34)31-29(33-30)26-18-25-20-10-4-3-9-19(20)15-16-23(25)21-11-5-6-12-22(21)26;1-3-34-20-12-15-23(24(33)16-20)28-30-27(31-29(32-28)35-4-2)22-14-11-19-9-8-17-6-5-7-18-10-13-21(22)26(19)25(17)18;1-3-32-18-13-14-22(24(31)16-18)25-28-26(30-27(29-25)33-4-2)23-15-17-9-5-6-10-19(17)20-11-7-8-12-21(20)23/h5-18,35H,3-4H2,1-2H3;3-16,18,34H,2,17H2,1H3;5-16,33H,3-4H2,1-2H3;5-16,31H,3-4H2,1-2H3. The second-order valence-electron chi connectivity index (χ2n) is 32.9. The van der Waals surface area contributed by atoms with E-state index >= 15 is 0 Å². The summed E-state index contributed by atoms with van der Waals surface area (Å²) < 4.78 is 16.6. The minimum absolute atomic E-state index is 0.0740. The molecule has 23 aromatic rings. The largest absolute Gasteiger partial charge is 0.507 e. The van der Waals surface area contributed by atoms with Gasteiger partial charge in [0.15, 0.2) is 67.2 Å². The van der Waals surface area contributed by atoms with Gasteiger partial charge in [0, 0.05) is 46.2 Å². The van der Waals surface area contributed by atoms with Gasteiger partial charge in [-0.1, -0.05) is 305 Å². The maximum absolute atomic E-state index is 10.8. The van der Waals surface area contributed by atoms with Crippen molar-refractivity contribution in [3.8, 4) is 131 Å². The van der Waals surface area contributed by atoms with E-state index < -0.39 is 0 Å². The lowest BCUT2D eigenvalue weighted by molar-refractivity contribution is 0.337. The summed E-state index contributed by atoms with van der Waals surface area (Å²) in [5.74, 6) is 9.78. The van der Waals surface area contributed by atoms with Crippen LogP contribution in [0.1, 0.15) is 54.9 Å². The molecule has 140 heavy (non-hydrogen) atoms. The number of hydrogen-bond acceptors (Lipinski definition) is 23. The van der Waals surface area contributed by atoms with Crippen LogP contribution >= 0.6 is 47.0 Å². The number of aromatic hydroxyl groups is 4. The Morgan fingerprint density at radius 1 is 0.200 bits per heavy atom. The van der Waals surface area contributed by atoms with Crippen LogP contribution in [-0.2, 0) is 0 Å². The zero-order valence-electron chi connectivity index (χ0n) is 77.8. The number of ether oxygens (including phenoxy) is 3. The zero-order chi connectivity index (χ0) is 95.9. The third-order valence-electron chi connectivity index (χ3n) is 24.2. The van der Waals surface area contributed by atoms with E-state index in [-0.39, 0.29) is 23.0 Å². The third-order valence-corrected chi connectivity index (χ3v) is 27.5. The Balaban J connectivity index is 0.000000115. The predicted molar refractivity (Wildman–Crippen MR) is 577 cm³/mol. The van der Waals surface area contributed by atoms with Crippen molar-refractivity contribution < 1.29 is 34.6 Å². The number of nitrogens with zero attached hydrogens (tertiary/aromatic N) is 12. The molecule has 4 N–H and O–H groups in total. The van der Waals surface area contributed by atoms with Gasteiger partial charge in [-0.05, 0) is 236 Å². The summed E-state index contributed by atoms with van der Waals surface area (Å²) in [6, 6.07) is 108. The average Bonchev–Trinajstić information content (AvgIpc) is 0.694. The number of phenolic OH excluding ortho intramolecular Hbond substituents is 4. The number of benzene rings is 19. The number of phenols is 4. The molecule has 0 bridgehead atoms. The molecule has 23 rings (SSSR count). The number of para-hydroxylation sites is 1. The SMILES string of the molecule is CCCSc1nc(-c2ccccc2O)nc(-c2cc3c4ccccc4ccc3c3ccccc23)n1.CCOc1ccc(-c2nc(SCC)nc(-c3cc4c5ccccc5ccc4c4ccccc34)n2)c(O)c1.CCOc1ccc(-c2nc(SCC)nc(-c3cc4ccccc4c4ccccc34)n2)c(O)c1.CCOc1ccc(-c2nc(SCC)nc(-c3ccc4ccc5cccc6ccc3c4c56)n2)c(O)c1. The van der Waals surface area contributed by atoms with Gasteiger partial charge in [0.25, 0.3) is 0 Å². The van der Waals surface area contributed by atoms with E-state index in [1.165, 1.54) is 70.0 Å². The molecule has 23 heteroatoms. The molecule has 0 aliphatic carbocycles. The van der Waals surface area contributed by atoms with Crippen molar-refractivity contribution in [2.45, 2.75) is 75.5 Å². The maximum Gasteiger partial charge on any atom is 0.191 e. The quantitative estimate of drug-likeness (QED) is 0.0342. The fraction of sp³-hybridized carbons (Fsp3) is 0.128. The van der Waals surface area contributed by atoms with Crippen molar-refractivity contribution in [2.75, 3.05) is 42.8 Å². The summed E-state index contributed by atoms with van der Waals surface area (Å²) in [7, 11) is 0. The second-order valence-corrected chi connectivity index (χ2v) is 37.7. The number of rotatable bonds is 23. The molecular formula is C117H94N12O7S4. The highest BCUT2D eigenvalue weighted by Gasteiger charge is 2.25. The molecule has 0 amide bonds. The van der Waals surface area contributed by atoms with Gasteiger partial charge in [-0.3, -0.25) is 0 Å². The van der Waals surface area contributed by atoms with E-state index in [1.54, 1.807) is 95.6 Å². The zero-order valence-corrected chi connectivity index (χ0v) is 81.0. The first-order chi connectivity index (χ1) is 68.7. The lowest BCUT2D eigenvalue weighted by Gasteiger charge is -2.14. The number of aromatic nitrogens is 12. The maximum atomic E-state index is 10.8. The average molecular weight is 1910 g/mol. The first-order valence-electron chi connectivity index (χ1n) is 46.7. The third kappa shape index (κ3) is 18.8. The lowest BCUT2D eigenvalue weighted by atomic mass is 9.92. The van der Waals surface area contributed by atoms with E-state index in [2.05, 4.69) is 261 Å². The van der Waals surface area contributed by atoms with E-state index in [0.29, 0.717) is 127 Å². The van der Waals surface area contributed by atoms with E-state index in [1.807, 2.05) is 75.4 Å². The molecule has 0 unspecified atom stereocenters. The molecular weight excluding hydrogens is 1810 g/mol. The fourth-order valence-corrected chi connectivity index (χ4v) is 20.4. The van der Waals surface area contributed by atoms with E-state index in [4.69, 9.17) is 59.1 Å². The lowest BCUT2D eigenvalue weighted by Crippen LogP contribution is -2.00. The Bertz CT molecular complexity index is 8640. The van der Waals surface area contributed by atoms with Crippen molar-refractivity contribution in [1.82, 2.24) is 59.8 Å². The van der Waals surface area contributed by atoms with Gasteiger partial charge in [-0.15, -0.1) is 0 Å². The van der Waals surface area contributed by atoms with Crippen LogP contribution in [0.25, 0.3) is 210 Å². The minimum atomic E-state index is 0.0740. The molecule has 0 fully saturated rings. The minimum Gasteiger partial charge on any atom is -0.507 e. The Labute approximate surface area is 825 Å². The molecule has 0 aliphatic heterocycles. The molecule has 688 valence electrons. The highest BCUT2D eigenvalue weighted by Crippen LogP contribution is 2.46. The van der Waals surface area contributed by atoms with Crippen molar-refractivity contribution in [1.29, 1.82) is 0 Å². The highest BCUT2D eigenvalue weighted by atomic mass is 32.2. The van der Waals surface area contributed by atoms with Crippen LogP contribution in [0, 0.1) is 0 Å². The molecule has 19 aromatic carbocycles. The summed E-state index contributed by atoms with van der Waals surface area (Å²) in [4.78, 5) is 57.5. The van der Waals surface area contributed by atoms with Crippen molar-refractivity contribution >= 4 is 166 Å². The Kier molecular flexibility index (Phi) is 27.2. The summed E-state index contributed by atoms with van der Waals surface area (Å²) in [5.41, 5.74) is 6.02. The molecule has 0 aliphatic rings. The molecule has 0 radical (unpaired) electrons. The van der Waals surface area contributed by atoms with Gasteiger partial charge >= 0.3 is 0 Å². The van der Waals surface area contributed by atoms with Crippen LogP contribution in [0.15, 0.2) is 342 Å². The smallest absolute Gasteiger partial charge is 0.191 e. The molecule has 19 nitrogen and oxygen atoms in total. The number of fused-ring (bicyclic) bond motifs is 13. The summed E-state index contributed by atoms with van der Waals surface area (Å²) in [5, 5.41) is 71.0. The van der Waals surface area contributed by atoms with E-state index in [0.717, 1.165) is 100 Å². The first kappa shape index (κ1) is 92.1. The Morgan fingerprint density at radius 3 is 0.886 bits per heavy atom. The molecule has 0 saturated heterocycles. The van der Waals surface area contributed by atoms with Gasteiger partial charge < -0.3 is 34.6 Å².